The minimum atomic E-state index is -0.829. The molecule has 0 radical (unpaired) electrons. The first-order valence-electron chi connectivity index (χ1n) is 27.3. The van der Waals surface area contributed by atoms with Crippen LogP contribution in [0, 0.1) is 23.3 Å². The SMILES string of the molecule is COc1cc(OC)c2c(c1-c1cc(O)c(O)c3c1CC(C)OC3c1ccc(F)cc1)CC(C)O[C@@H]2c1ccc(F)cc1.COc1cc(OC)c2c(c1C1=CC(=O)C(=O)C3=C1CC(C)OC3c1ccc(F)cc1)CCO[C@@H]2c1ccc(F)cc1. The summed E-state index contributed by atoms with van der Waals surface area (Å²) in [7, 11) is 6.25. The van der Waals surface area contributed by atoms with Crippen LogP contribution in [0.25, 0.3) is 16.7 Å². The molecule has 4 heterocycles. The lowest BCUT2D eigenvalue weighted by atomic mass is 9.75. The van der Waals surface area contributed by atoms with Crippen LogP contribution in [0.4, 0.5) is 17.6 Å². The fraction of sp³-hybridized carbons (Fsp3) is 0.284. The van der Waals surface area contributed by atoms with Crippen molar-refractivity contribution in [2.75, 3.05) is 35.0 Å². The number of carbonyl (C=O) groups excluding carboxylic acids is 2. The maximum absolute atomic E-state index is 13.8. The van der Waals surface area contributed by atoms with E-state index in [2.05, 4.69) is 0 Å². The van der Waals surface area contributed by atoms with Crippen LogP contribution in [0.5, 0.6) is 34.5 Å². The normalized spacial score (nSPS) is 21.8. The number of phenolic OH excluding ortho intramolecular Hbond substituents is 2. The van der Waals surface area contributed by atoms with E-state index < -0.39 is 41.8 Å². The minimum Gasteiger partial charge on any atom is -0.504 e. The van der Waals surface area contributed by atoms with E-state index >= 15 is 0 Å². The van der Waals surface area contributed by atoms with Gasteiger partial charge in [-0.25, -0.2) is 17.6 Å². The highest BCUT2D eigenvalue weighted by molar-refractivity contribution is 6.50. The Hall–Kier alpha value is -8.28. The van der Waals surface area contributed by atoms with Crippen LogP contribution in [-0.2, 0) is 47.8 Å². The van der Waals surface area contributed by atoms with Gasteiger partial charge in [-0.2, -0.15) is 0 Å². The Morgan fingerprint density at radius 3 is 1.41 bits per heavy atom. The molecule has 7 atom stereocenters. The Bertz CT molecular complexity index is 3730. The molecule has 16 heteroatoms. The van der Waals surface area contributed by atoms with Gasteiger partial charge < -0.3 is 48.1 Å². The average Bonchev–Trinajstić information content (AvgIpc) is 1.98. The van der Waals surface area contributed by atoms with Gasteiger partial charge in [-0.05, 0) is 163 Å². The summed E-state index contributed by atoms with van der Waals surface area (Å²) >= 11 is 0. The number of hydrogen-bond donors (Lipinski definition) is 2. The summed E-state index contributed by atoms with van der Waals surface area (Å²) in [6.07, 6.45) is -0.164. The van der Waals surface area contributed by atoms with Gasteiger partial charge in [0.2, 0.25) is 11.6 Å². The first kappa shape index (κ1) is 56.6. The third-order valence-electron chi connectivity index (χ3n) is 16.0. The lowest BCUT2D eigenvalue weighted by Crippen LogP contribution is -2.33. The largest absolute Gasteiger partial charge is 0.504 e. The van der Waals surface area contributed by atoms with Crippen molar-refractivity contribution in [2.45, 2.75) is 89.2 Å². The molecule has 12 rings (SSSR count). The second kappa shape index (κ2) is 23.2. The lowest BCUT2D eigenvalue weighted by molar-refractivity contribution is -0.133. The summed E-state index contributed by atoms with van der Waals surface area (Å²) in [5, 5.41) is 22.3. The fourth-order valence-electron chi connectivity index (χ4n) is 12.4. The van der Waals surface area contributed by atoms with Gasteiger partial charge >= 0.3 is 0 Å². The van der Waals surface area contributed by atoms with Gasteiger partial charge in [0, 0.05) is 45.5 Å². The van der Waals surface area contributed by atoms with Crippen LogP contribution in [0.3, 0.4) is 0 Å². The topological polar surface area (TPSA) is 148 Å². The highest BCUT2D eigenvalue weighted by Gasteiger charge is 2.43. The number of carbonyl (C=O) groups is 2. The molecule has 5 unspecified atom stereocenters. The van der Waals surface area contributed by atoms with E-state index in [-0.39, 0.29) is 52.8 Å². The molecule has 0 fully saturated rings. The molecule has 2 N–H and O–H groups in total. The third kappa shape index (κ3) is 10.5. The number of hydrogen-bond acceptors (Lipinski definition) is 12. The maximum atomic E-state index is 13.8. The number of ketones is 2. The zero-order chi connectivity index (χ0) is 58.5. The van der Waals surface area contributed by atoms with Crippen LogP contribution in [0.1, 0.15) is 113 Å². The van der Waals surface area contributed by atoms with Crippen molar-refractivity contribution >= 4 is 17.1 Å². The average molecular weight is 1130 g/mol. The number of Topliss-reactive ketones (excluding diaryl/α,β-unsaturated/α-hetero) is 1. The molecule has 0 bridgehead atoms. The van der Waals surface area contributed by atoms with Crippen molar-refractivity contribution in [1.82, 2.24) is 0 Å². The van der Waals surface area contributed by atoms with Crippen LogP contribution >= 0.6 is 0 Å². The van der Waals surface area contributed by atoms with Crippen molar-refractivity contribution in [1.29, 1.82) is 0 Å². The summed E-state index contributed by atoms with van der Waals surface area (Å²) in [5.74, 6) is -1.28. The number of benzene rings is 7. The molecule has 0 amide bonds. The first-order valence-corrected chi connectivity index (χ1v) is 27.3. The predicted molar refractivity (Wildman–Crippen MR) is 300 cm³/mol. The van der Waals surface area contributed by atoms with Gasteiger partial charge in [-0.15, -0.1) is 0 Å². The highest BCUT2D eigenvalue weighted by Crippen LogP contribution is 2.55. The van der Waals surface area contributed by atoms with Gasteiger partial charge in [0.05, 0.1) is 53.4 Å². The molecule has 0 spiro atoms. The van der Waals surface area contributed by atoms with Gasteiger partial charge in [0.25, 0.3) is 0 Å². The molecule has 12 nitrogen and oxygen atoms in total. The molecule has 0 saturated carbocycles. The lowest BCUT2D eigenvalue weighted by Gasteiger charge is -2.37. The molecular formula is C67H60F4O12. The molecule has 5 aliphatic rings. The Kier molecular flexibility index (Phi) is 15.8. The van der Waals surface area contributed by atoms with E-state index in [0.29, 0.717) is 94.3 Å². The number of ether oxygens (including phenoxy) is 8. The zero-order valence-electron chi connectivity index (χ0n) is 46.6. The van der Waals surface area contributed by atoms with Crippen LogP contribution < -0.4 is 18.9 Å². The van der Waals surface area contributed by atoms with Gasteiger partial charge in [-0.1, -0.05) is 48.5 Å². The monoisotopic (exact) mass is 1130 g/mol. The molecule has 7 aromatic carbocycles. The van der Waals surface area contributed by atoms with E-state index in [9.17, 15) is 37.4 Å². The quantitative estimate of drug-likeness (QED) is 0.0581. The number of methoxy groups -OCH3 is 4. The zero-order valence-corrected chi connectivity index (χ0v) is 46.6. The van der Waals surface area contributed by atoms with E-state index in [0.717, 1.165) is 44.5 Å². The molecular weight excluding hydrogens is 1070 g/mol. The molecule has 428 valence electrons. The second-order valence-electron chi connectivity index (χ2n) is 21.2. The van der Waals surface area contributed by atoms with E-state index in [1.165, 1.54) is 54.6 Å². The molecule has 83 heavy (non-hydrogen) atoms. The number of phenols is 2. The second-order valence-corrected chi connectivity index (χ2v) is 21.2. The van der Waals surface area contributed by atoms with Gasteiger partial charge in [-0.3, -0.25) is 9.59 Å². The molecule has 4 aliphatic heterocycles. The smallest absolute Gasteiger partial charge is 0.232 e. The number of fused-ring (bicyclic) bond motifs is 3. The molecule has 7 aromatic rings. The van der Waals surface area contributed by atoms with Gasteiger partial charge in [0.15, 0.2) is 11.5 Å². The minimum absolute atomic E-state index is 0.209. The summed E-state index contributed by atoms with van der Waals surface area (Å²) < 4.78 is 104. The van der Waals surface area contributed by atoms with Crippen molar-refractivity contribution in [3.8, 4) is 45.6 Å². The standard InChI is InChI=1S/C34H32F2O6.C33H28F2O6/c1-17-13-23-24(15-26(37)32(38)31(23)34(42-17)20-7-11-22(36)12-8-20)29-25-14-18(2)41-33(19-5-9-21(35)10-6-19)30(25)28(40-4)16-27(29)39-3;1-17-14-23-24(15-25(36)31(37)30(23)33(41-17)19-6-10-21(35)11-7-19)28-22-12-13-40-32(18-4-8-20(34)9-5-18)29(22)27(39-3)16-26(28)38-2/h5-12,15-18,33-34,37-38H,13-14H2,1-4H3;4-11,15-17,32-33H,12-14H2,1-3H3/t17?,18?,33-,34?;17?,32-,33?/m11/s1. The van der Waals surface area contributed by atoms with Crippen molar-refractivity contribution in [2.24, 2.45) is 0 Å². The fourth-order valence-corrected chi connectivity index (χ4v) is 12.4. The van der Waals surface area contributed by atoms with Crippen LogP contribution in [0.2, 0.25) is 0 Å². The third-order valence-corrected chi connectivity index (χ3v) is 16.0. The summed E-state index contributed by atoms with van der Waals surface area (Å²) in [5.41, 5.74) is 10.9. The van der Waals surface area contributed by atoms with Crippen molar-refractivity contribution in [3.63, 3.8) is 0 Å². The summed E-state index contributed by atoms with van der Waals surface area (Å²) in [4.78, 5) is 26.6. The first-order chi connectivity index (χ1) is 40.0. The highest BCUT2D eigenvalue weighted by atomic mass is 19.1. The summed E-state index contributed by atoms with van der Waals surface area (Å²) in [6, 6.07) is 29.1. The Morgan fingerprint density at radius 2 is 0.904 bits per heavy atom. The van der Waals surface area contributed by atoms with E-state index in [1.807, 2.05) is 20.8 Å². The Balaban J connectivity index is 0.000000174. The maximum Gasteiger partial charge on any atom is 0.232 e. The predicted octanol–water partition coefficient (Wildman–Crippen LogP) is 13.2. The van der Waals surface area contributed by atoms with Crippen LogP contribution in [0.15, 0.2) is 132 Å². The summed E-state index contributed by atoms with van der Waals surface area (Å²) in [6.45, 7) is 6.17. The Morgan fingerprint density at radius 1 is 0.482 bits per heavy atom. The van der Waals surface area contributed by atoms with E-state index in [1.54, 1.807) is 95.2 Å². The molecule has 1 aliphatic carbocycles. The number of rotatable bonds is 10. The van der Waals surface area contributed by atoms with Crippen molar-refractivity contribution in [3.05, 3.63) is 217 Å². The van der Waals surface area contributed by atoms with Crippen molar-refractivity contribution < 1.29 is 75.3 Å². The number of halogens is 4. The van der Waals surface area contributed by atoms with Crippen LogP contribution in [-0.4, -0.2) is 75.1 Å². The number of allylic oxidation sites excluding steroid dienone is 2. The number of aromatic hydroxyl groups is 2. The molecule has 0 aromatic heterocycles. The van der Waals surface area contributed by atoms with E-state index in [4.69, 9.17) is 37.9 Å². The molecule has 0 saturated heterocycles. The Labute approximate surface area is 477 Å². The van der Waals surface area contributed by atoms with Gasteiger partial charge in [0.1, 0.15) is 70.7 Å².